The van der Waals surface area contributed by atoms with Gasteiger partial charge in [-0.2, -0.15) is 0 Å². The van der Waals surface area contributed by atoms with Gasteiger partial charge < -0.3 is 9.47 Å². The Morgan fingerprint density at radius 1 is 0.438 bits per heavy atom. The molecule has 4 aromatic rings. The first-order valence-electron chi connectivity index (χ1n) is 10.3. The summed E-state index contributed by atoms with van der Waals surface area (Å²) in [5.41, 5.74) is 4.48. The molecule has 0 bridgehead atoms. The van der Waals surface area contributed by atoms with Crippen molar-refractivity contribution >= 4 is 11.6 Å². The van der Waals surface area contributed by atoms with Crippen LogP contribution in [0.2, 0.25) is 0 Å². The van der Waals surface area contributed by atoms with Crippen LogP contribution in [-0.2, 0) is 0 Å². The highest BCUT2D eigenvalue weighted by Gasteiger charge is 2.35. The summed E-state index contributed by atoms with van der Waals surface area (Å²) in [4.78, 5) is 27.5. The van der Waals surface area contributed by atoms with E-state index in [9.17, 15) is 9.59 Å². The first-order chi connectivity index (χ1) is 15.7. The van der Waals surface area contributed by atoms with Crippen molar-refractivity contribution in [2.75, 3.05) is 14.2 Å². The van der Waals surface area contributed by atoms with Crippen LogP contribution in [-0.4, -0.2) is 25.8 Å². The summed E-state index contributed by atoms with van der Waals surface area (Å²) in [5.74, 6) is 0.929. The fourth-order valence-corrected chi connectivity index (χ4v) is 4.41. The Hall–Kier alpha value is -4.18. The van der Waals surface area contributed by atoms with E-state index < -0.39 is 0 Å². The Bertz CT molecular complexity index is 1280. The molecular formula is C28H20O4. The van der Waals surface area contributed by atoms with Crippen LogP contribution < -0.4 is 9.47 Å². The molecule has 32 heavy (non-hydrogen) atoms. The van der Waals surface area contributed by atoms with Crippen LogP contribution in [0.15, 0.2) is 84.9 Å². The highest BCUT2D eigenvalue weighted by molar-refractivity contribution is 6.32. The van der Waals surface area contributed by atoms with Gasteiger partial charge in [0.25, 0.3) is 0 Å². The maximum Gasteiger partial charge on any atom is 0.195 e. The summed E-state index contributed by atoms with van der Waals surface area (Å²) in [6.45, 7) is 0. The molecule has 0 heterocycles. The smallest absolute Gasteiger partial charge is 0.195 e. The van der Waals surface area contributed by atoms with E-state index in [1.807, 2.05) is 60.7 Å². The van der Waals surface area contributed by atoms with E-state index in [1.54, 1.807) is 38.5 Å². The molecule has 0 saturated heterocycles. The average Bonchev–Trinajstić information content (AvgIpc) is 2.86. The minimum Gasteiger partial charge on any atom is -0.496 e. The van der Waals surface area contributed by atoms with Gasteiger partial charge in [-0.05, 0) is 23.3 Å². The van der Waals surface area contributed by atoms with Crippen LogP contribution in [0.1, 0.15) is 31.8 Å². The van der Waals surface area contributed by atoms with E-state index in [2.05, 4.69) is 0 Å². The van der Waals surface area contributed by atoms with Crippen LogP contribution in [0.3, 0.4) is 0 Å². The molecule has 1 aliphatic carbocycles. The molecule has 0 atom stereocenters. The molecule has 156 valence electrons. The van der Waals surface area contributed by atoms with Gasteiger partial charge in [-0.1, -0.05) is 72.8 Å². The summed E-state index contributed by atoms with van der Waals surface area (Å²) in [6, 6.07) is 25.8. The third-order valence-electron chi connectivity index (χ3n) is 5.87. The average molecular weight is 420 g/mol. The van der Waals surface area contributed by atoms with E-state index in [0.717, 1.165) is 11.1 Å². The summed E-state index contributed by atoms with van der Waals surface area (Å²) >= 11 is 0. The number of hydrogen-bond acceptors (Lipinski definition) is 4. The molecule has 5 rings (SSSR count). The number of para-hydroxylation sites is 2. The highest BCUT2D eigenvalue weighted by Crippen LogP contribution is 2.43. The molecule has 0 N–H and O–H groups in total. The molecule has 4 nitrogen and oxygen atoms in total. The normalized spacial score (nSPS) is 12.2. The molecule has 0 saturated carbocycles. The summed E-state index contributed by atoms with van der Waals surface area (Å²) in [5, 5.41) is 0. The van der Waals surface area contributed by atoms with Gasteiger partial charge in [0, 0.05) is 33.4 Å². The number of hydrogen-bond donors (Lipinski definition) is 0. The number of carbonyl (C=O) groups excluding carboxylic acids is 2. The zero-order chi connectivity index (χ0) is 22.2. The fraction of sp³-hybridized carbons (Fsp3) is 0.0714. The number of methoxy groups -OCH3 is 2. The second-order valence-electron chi connectivity index (χ2n) is 7.52. The van der Waals surface area contributed by atoms with Gasteiger partial charge in [0.1, 0.15) is 11.5 Å². The van der Waals surface area contributed by atoms with Crippen molar-refractivity contribution in [3.8, 4) is 33.8 Å². The molecule has 0 spiro atoms. The molecule has 0 aromatic heterocycles. The van der Waals surface area contributed by atoms with Gasteiger partial charge in [-0.25, -0.2) is 0 Å². The van der Waals surface area contributed by atoms with Gasteiger partial charge in [0.05, 0.1) is 14.2 Å². The number of carbonyl (C=O) groups is 2. The SMILES string of the molecule is COc1ccccc1-c1ccc(-c2ccccc2OC)c2c1C(=O)c1ccccc1C2=O. The largest absolute Gasteiger partial charge is 0.496 e. The maximum absolute atomic E-state index is 13.8. The third kappa shape index (κ3) is 2.92. The predicted molar refractivity (Wildman–Crippen MR) is 124 cm³/mol. The predicted octanol–water partition coefficient (Wildman–Crippen LogP) is 5.81. The number of rotatable bonds is 4. The van der Waals surface area contributed by atoms with Gasteiger partial charge in [0.2, 0.25) is 0 Å². The number of ketones is 2. The Kier molecular flexibility index (Phi) is 4.83. The molecule has 0 fully saturated rings. The lowest BCUT2D eigenvalue weighted by Crippen LogP contribution is -2.23. The van der Waals surface area contributed by atoms with E-state index in [1.165, 1.54) is 0 Å². The molecule has 0 radical (unpaired) electrons. The second-order valence-corrected chi connectivity index (χ2v) is 7.52. The molecule has 4 aromatic carbocycles. The lowest BCUT2D eigenvalue weighted by molar-refractivity contribution is 0.0980. The number of ether oxygens (including phenoxy) is 2. The topological polar surface area (TPSA) is 52.6 Å². The number of benzene rings is 4. The van der Waals surface area contributed by atoms with Crippen LogP contribution in [0.4, 0.5) is 0 Å². The summed E-state index contributed by atoms with van der Waals surface area (Å²) in [7, 11) is 3.19. The van der Waals surface area contributed by atoms with Crippen LogP contribution >= 0.6 is 0 Å². The second kappa shape index (κ2) is 7.82. The Morgan fingerprint density at radius 3 is 1.16 bits per heavy atom. The van der Waals surface area contributed by atoms with Crippen molar-refractivity contribution < 1.29 is 19.1 Å². The summed E-state index contributed by atoms with van der Waals surface area (Å²) < 4.78 is 11.1. The van der Waals surface area contributed by atoms with Crippen molar-refractivity contribution in [1.82, 2.24) is 0 Å². The van der Waals surface area contributed by atoms with Gasteiger partial charge >= 0.3 is 0 Å². The Morgan fingerprint density at radius 2 is 0.781 bits per heavy atom. The molecule has 0 amide bonds. The van der Waals surface area contributed by atoms with Crippen molar-refractivity contribution in [1.29, 1.82) is 0 Å². The minimum absolute atomic E-state index is 0.173. The molecule has 0 aliphatic heterocycles. The van der Waals surface area contributed by atoms with Gasteiger partial charge in [-0.3, -0.25) is 9.59 Å². The maximum atomic E-state index is 13.8. The highest BCUT2D eigenvalue weighted by atomic mass is 16.5. The molecule has 4 heteroatoms. The van der Waals surface area contributed by atoms with Gasteiger partial charge in [-0.15, -0.1) is 0 Å². The van der Waals surface area contributed by atoms with E-state index in [4.69, 9.17) is 9.47 Å². The fourth-order valence-electron chi connectivity index (χ4n) is 4.41. The van der Waals surface area contributed by atoms with Crippen molar-refractivity contribution in [2.24, 2.45) is 0 Å². The summed E-state index contributed by atoms with van der Waals surface area (Å²) in [6.07, 6.45) is 0. The van der Waals surface area contributed by atoms with Crippen LogP contribution in [0.25, 0.3) is 22.3 Å². The molecular weight excluding hydrogens is 400 g/mol. The zero-order valence-electron chi connectivity index (χ0n) is 17.7. The standard InChI is InChI=1S/C28H20O4/c1-31-23-13-7-5-9-17(23)19-15-16-20(18-10-6-8-14-24(18)32-2)26-25(19)27(29)21-11-3-4-12-22(21)28(26)30/h3-16H,1-2H3. The van der Waals surface area contributed by atoms with Crippen molar-refractivity contribution in [3.63, 3.8) is 0 Å². The van der Waals surface area contributed by atoms with E-state index >= 15 is 0 Å². The molecule has 1 aliphatic rings. The zero-order valence-corrected chi connectivity index (χ0v) is 17.7. The number of fused-ring (bicyclic) bond motifs is 2. The quantitative estimate of drug-likeness (QED) is 0.368. The van der Waals surface area contributed by atoms with Crippen LogP contribution in [0.5, 0.6) is 11.5 Å². The van der Waals surface area contributed by atoms with Crippen LogP contribution in [0, 0.1) is 0 Å². The first kappa shape index (κ1) is 19.8. The van der Waals surface area contributed by atoms with E-state index in [-0.39, 0.29) is 11.6 Å². The lowest BCUT2D eigenvalue weighted by Gasteiger charge is -2.24. The first-order valence-corrected chi connectivity index (χ1v) is 10.3. The third-order valence-corrected chi connectivity index (χ3v) is 5.87. The monoisotopic (exact) mass is 420 g/mol. The minimum atomic E-state index is -0.173. The molecule has 0 unspecified atom stereocenters. The Labute approximate surface area is 186 Å². The van der Waals surface area contributed by atoms with Gasteiger partial charge in [0.15, 0.2) is 11.6 Å². The van der Waals surface area contributed by atoms with E-state index in [0.29, 0.717) is 44.9 Å². The van der Waals surface area contributed by atoms with Crippen molar-refractivity contribution in [3.05, 3.63) is 107 Å². The van der Waals surface area contributed by atoms with Crippen molar-refractivity contribution in [2.45, 2.75) is 0 Å². The Balaban J connectivity index is 1.88. The lowest BCUT2D eigenvalue weighted by atomic mass is 9.77.